The van der Waals surface area contributed by atoms with Gasteiger partial charge >= 0.3 is 5.97 Å². The normalized spacial score (nSPS) is 11.8. The first-order valence-corrected chi connectivity index (χ1v) is 5.67. The van der Waals surface area contributed by atoms with Gasteiger partial charge in [-0.25, -0.2) is 0 Å². The smallest absolute Gasteiger partial charge is 0.308 e. The predicted octanol–water partition coefficient (Wildman–Crippen LogP) is 1.69. The summed E-state index contributed by atoms with van der Waals surface area (Å²) in [6, 6.07) is 5.01. The van der Waals surface area contributed by atoms with Crippen molar-refractivity contribution in [3.63, 3.8) is 0 Å². The molecule has 1 atom stereocenters. The number of rotatable bonds is 6. The van der Waals surface area contributed by atoms with E-state index in [1.54, 1.807) is 25.1 Å². The largest absolute Gasteiger partial charge is 0.497 e. The lowest BCUT2D eigenvalue weighted by Crippen LogP contribution is -2.10. The van der Waals surface area contributed by atoms with Crippen molar-refractivity contribution in [2.75, 3.05) is 20.8 Å². The van der Waals surface area contributed by atoms with Crippen LogP contribution in [0.25, 0.3) is 0 Å². The molecule has 0 saturated carbocycles. The van der Waals surface area contributed by atoms with Crippen LogP contribution in [0, 0.1) is 0 Å². The number of benzene rings is 1. The fourth-order valence-corrected chi connectivity index (χ4v) is 1.52. The Hall–Kier alpha value is -1.75. The van der Waals surface area contributed by atoms with Crippen LogP contribution in [0.3, 0.4) is 0 Å². The Morgan fingerprint density at radius 1 is 1.22 bits per heavy atom. The molecular formula is C13H18O5. The average molecular weight is 254 g/mol. The summed E-state index contributed by atoms with van der Waals surface area (Å²) < 4.78 is 15.0. The molecule has 5 heteroatoms. The van der Waals surface area contributed by atoms with Crippen LogP contribution >= 0.6 is 0 Å². The lowest BCUT2D eigenvalue weighted by molar-refractivity contribution is -0.145. The number of esters is 1. The fourth-order valence-electron chi connectivity index (χ4n) is 1.52. The van der Waals surface area contributed by atoms with Crippen LogP contribution in [0.4, 0.5) is 0 Å². The SMILES string of the molecule is CCOC(=O)CC(O)c1cc(OC)cc(OC)c1. The molecule has 0 saturated heterocycles. The molecule has 0 aliphatic heterocycles. The Bertz CT molecular complexity index is 380. The molecule has 18 heavy (non-hydrogen) atoms. The molecule has 0 fully saturated rings. The third-order valence-corrected chi connectivity index (χ3v) is 2.42. The number of carbonyl (C=O) groups excluding carboxylic acids is 1. The van der Waals surface area contributed by atoms with E-state index in [1.165, 1.54) is 14.2 Å². The molecule has 0 spiro atoms. The van der Waals surface area contributed by atoms with Gasteiger partial charge in [0.25, 0.3) is 0 Å². The number of carbonyl (C=O) groups is 1. The molecule has 0 aliphatic carbocycles. The van der Waals surface area contributed by atoms with Gasteiger partial charge in [-0.2, -0.15) is 0 Å². The number of hydrogen-bond donors (Lipinski definition) is 1. The topological polar surface area (TPSA) is 65.0 Å². The highest BCUT2D eigenvalue weighted by Crippen LogP contribution is 2.27. The number of aliphatic hydroxyl groups excluding tert-OH is 1. The maximum absolute atomic E-state index is 11.3. The van der Waals surface area contributed by atoms with Crippen LogP contribution in [0.5, 0.6) is 11.5 Å². The summed E-state index contributed by atoms with van der Waals surface area (Å²) >= 11 is 0. The molecule has 5 nitrogen and oxygen atoms in total. The maximum Gasteiger partial charge on any atom is 0.308 e. The van der Waals surface area contributed by atoms with E-state index in [9.17, 15) is 9.90 Å². The summed E-state index contributed by atoms with van der Waals surface area (Å²) in [6.45, 7) is 2.02. The Kier molecular flexibility index (Phi) is 5.45. The van der Waals surface area contributed by atoms with Crippen molar-refractivity contribution in [1.29, 1.82) is 0 Å². The van der Waals surface area contributed by atoms with Gasteiger partial charge in [0.15, 0.2) is 0 Å². The number of aliphatic hydroxyl groups is 1. The summed E-state index contributed by atoms with van der Waals surface area (Å²) in [5, 5.41) is 9.95. The molecule has 0 heterocycles. The van der Waals surface area contributed by atoms with E-state index in [2.05, 4.69) is 0 Å². The van der Waals surface area contributed by atoms with Crippen molar-refractivity contribution < 1.29 is 24.1 Å². The van der Waals surface area contributed by atoms with Gasteiger partial charge < -0.3 is 19.3 Å². The molecule has 1 rings (SSSR count). The zero-order chi connectivity index (χ0) is 13.5. The van der Waals surface area contributed by atoms with E-state index in [4.69, 9.17) is 14.2 Å². The maximum atomic E-state index is 11.3. The molecule has 1 aromatic rings. The molecule has 0 bridgehead atoms. The van der Waals surface area contributed by atoms with Crippen molar-refractivity contribution in [1.82, 2.24) is 0 Å². The summed E-state index contributed by atoms with van der Waals surface area (Å²) in [5.41, 5.74) is 0.555. The van der Waals surface area contributed by atoms with Crippen LogP contribution in [0.2, 0.25) is 0 Å². The van der Waals surface area contributed by atoms with Gasteiger partial charge in [0.2, 0.25) is 0 Å². The Morgan fingerprint density at radius 3 is 2.22 bits per heavy atom. The van der Waals surface area contributed by atoms with E-state index in [1.807, 2.05) is 0 Å². The molecule has 1 unspecified atom stereocenters. The van der Waals surface area contributed by atoms with E-state index in [-0.39, 0.29) is 6.42 Å². The number of methoxy groups -OCH3 is 2. The summed E-state index contributed by atoms with van der Waals surface area (Å²) in [6.07, 6.45) is -1.03. The van der Waals surface area contributed by atoms with Gasteiger partial charge in [0, 0.05) is 6.07 Å². The third kappa shape index (κ3) is 3.92. The first-order chi connectivity index (χ1) is 8.60. The minimum absolute atomic E-state index is 0.0931. The van der Waals surface area contributed by atoms with E-state index < -0.39 is 12.1 Å². The summed E-state index contributed by atoms with van der Waals surface area (Å²) in [7, 11) is 3.05. The quantitative estimate of drug-likeness (QED) is 0.782. The van der Waals surface area contributed by atoms with Crippen molar-refractivity contribution in [3.8, 4) is 11.5 Å². The van der Waals surface area contributed by atoms with Gasteiger partial charge in [-0.05, 0) is 24.6 Å². The van der Waals surface area contributed by atoms with Gasteiger partial charge in [0.1, 0.15) is 11.5 Å². The minimum atomic E-state index is -0.937. The Labute approximate surface area is 106 Å². The first kappa shape index (κ1) is 14.3. The average Bonchev–Trinajstić information content (AvgIpc) is 2.38. The van der Waals surface area contributed by atoms with E-state index in [0.717, 1.165) is 0 Å². The standard InChI is InChI=1S/C13H18O5/c1-4-18-13(15)8-12(14)9-5-10(16-2)7-11(6-9)17-3/h5-7,12,14H,4,8H2,1-3H3. The third-order valence-electron chi connectivity index (χ3n) is 2.42. The molecule has 1 N–H and O–H groups in total. The van der Waals surface area contributed by atoms with Crippen LogP contribution in [-0.2, 0) is 9.53 Å². The van der Waals surface area contributed by atoms with Crippen LogP contribution in [-0.4, -0.2) is 31.9 Å². The summed E-state index contributed by atoms with van der Waals surface area (Å²) in [4.78, 5) is 11.3. The van der Waals surface area contributed by atoms with Crippen LogP contribution in [0.15, 0.2) is 18.2 Å². The molecule has 1 aromatic carbocycles. The zero-order valence-corrected chi connectivity index (χ0v) is 10.8. The predicted molar refractivity (Wildman–Crippen MR) is 65.8 cm³/mol. The Morgan fingerprint density at radius 2 is 1.78 bits per heavy atom. The minimum Gasteiger partial charge on any atom is -0.497 e. The monoisotopic (exact) mass is 254 g/mol. The highest BCUT2D eigenvalue weighted by molar-refractivity contribution is 5.70. The van der Waals surface area contributed by atoms with Gasteiger partial charge in [-0.1, -0.05) is 0 Å². The van der Waals surface area contributed by atoms with Gasteiger partial charge in [0.05, 0.1) is 33.4 Å². The second kappa shape index (κ2) is 6.86. The van der Waals surface area contributed by atoms with Crippen molar-refractivity contribution in [2.45, 2.75) is 19.4 Å². The second-order valence-electron chi connectivity index (χ2n) is 3.67. The van der Waals surface area contributed by atoms with Gasteiger partial charge in [-0.15, -0.1) is 0 Å². The molecule has 0 aliphatic rings. The van der Waals surface area contributed by atoms with Gasteiger partial charge in [-0.3, -0.25) is 4.79 Å². The molecular weight excluding hydrogens is 236 g/mol. The lowest BCUT2D eigenvalue weighted by atomic mass is 10.1. The van der Waals surface area contributed by atoms with Crippen molar-refractivity contribution >= 4 is 5.97 Å². The second-order valence-corrected chi connectivity index (χ2v) is 3.67. The molecule has 0 aromatic heterocycles. The fraction of sp³-hybridized carbons (Fsp3) is 0.462. The highest BCUT2D eigenvalue weighted by atomic mass is 16.5. The number of ether oxygens (including phenoxy) is 3. The van der Waals surface area contributed by atoms with Crippen molar-refractivity contribution in [2.24, 2.45) is 0 Å². The van der Waals surface area contributed by atoms with E-state index in [0.29, 0.717) is 23.7 Å². The lowest BCUT2D eigenvalue weighted by Gasteiger charge is -2.13. The van der Waals surface area contributed by atoms with Crippen LogP contribution < -0.4 is 9.47 Å². The Balaban J connectivity index is 2.83. The van der Waals surface area contributed by atoms with Crippen LogP contribution in [0.1, 0.15) is 25.0 Å². The first-order valence-electron chi connectivity index (χ1n) is 5.67. The molecule has 100 valence electrons. The zero-order valence-electron chi connectivity index (χ0n) is 10.8. The summed E-state index contributed by atoms with van der Waals surface area (Å²) in [5.74, 6) is 0.686. The molecule has 0 radical (unpaired) electrons. The van der Waals surface area contributed by atoms with Crippen molar-refractivity contribution in [3.05, 3.63) is 23.8 Å². The number of hydrogen-bond acceptors (Lipinski definition) is 5. The van der Waals surface area contributed by atoms with E-state index >= 15 is 0 Å². The molecule has 0 amide bonds. The highest BCUT2D eigenvalue weighted by Gasteiger charge is 2.15.